The molecule has 0 radical (unpaired) electrons. The fourth-order valence-electron chi connectivity index (χ4n) is 2.86. The summed E-state index contributed by atoms with van der Waals surface area (Å²) in [5.74, 6) is 0.895. The Bertz CT molecular complexity index is 804. The third kappa shape index (κ3) is 2.84. The molecule has 0 aliphatic heterocycles. The Morgan fingerprint density at radius 3 is 2.59 bits per heavy atom. The lowest BCUT2D eigenvalue weighted by atomic mass is 10.2. The summed E-state index contributed by atoms with van der Waals surface area (Å²) in [5, 5.41) is 1.94. The van der Waals surface area contributed by atoms with Crippen LogP contribution in [-0.2, 0) is 6.61 Å². The average Bonchev–Trinajstić information content (AvgIpc) is 2.85. The van der Waals surface area contributed by atoms with Gasteiger partial charge in [0.15, 0.2) is 0 Å². The summed E-state index contributed by atoms with van der Waals surface area (Å²) in [6.07, 6.45) is 0. The van der Waals surface area contributed by atoms with E-state index < -0.39 is 0 Å². The smallest absolute Gasteiger partial charge is 0.128 e. The third-order valence-corrected chi connectivity index (χ3v) is 4.09. The Morgan fingerprint density at radius 2 is 1.86 bits per heavy atom. The van der Waals surface area contributed by atoms with Gasteiger partial charge in [-0.05, 0) is 50.6 Å². The van der Waals surface area contributed by atoms with Crippen molar-refractivity contribution < 1.29 is 4.74 Å². The summed E-state index contributed by atoms with van der Waals surface area (Å²) < 4.78 is 8.23. The monoisotopic (exact) mass is 313 g/mol. The van der Waals surface area contributed by atoms with Crippen molar-refractivity contribution in [3.8, 4) is 5.75 Å². The van der Waals surface area contributed by atoms with Crippen molar-refractivity contribution in [2.45, 2.75) is 33.4 Å². The van der Waals surface area contributed by atoms with Crippen LogP contribution in [-0.4, -0.2) is 4.57 Å². The molecule has 0 aliphatic rings. The predicted molar refractivity (Wildman–Crippen MR) is 92.8 cm³/mol. The first kappa shape index (κ1) is 15.0. The van der Waals surface area contributed by atoms with Crippen molar-refractivity contribution >= 4 is 22.5 Å². The van der Waals surface area contributed by atoms with Crippen molar-refractivity contribution in [1.29, 1.82) is 0 Å². The van der Waals surface area contributed by atoms with Crippen molar-refractivity contribution in [2.24, 2.45) is 0 Å². The highest BCUT2D eigenvalue weighted by molar-refractivity contribution is 6.35. The van der Waals surface area contributed by atoms with Crippen molar-refractivity contribution in [3.05, 3.63) is 64.8 Å². The van der Waals surface area contributed by atoms with Gasteiger partial charge in [-0.2, -0.15) is 0 Å². The van der Waals surface area contributed by atoms with E-state index in [1.54, 1.807) is 0 Å². The first-order valence-electron chi connectivity index (χ1n) is 7.54. The molecule has 0 bridgehead atoms. The molecule has 1 aromatic heterocycles. The van der Waals surface area contributed by atoms with Crippen LogP contribution in [0.4, 0.5) is 0 Å². The molecule has 0 fully saturated rings. The summed E-state index contributed by atoms with van der Waals surface area (Å²) in [7, 11) is 0. The predicted octanol–water partition coefficient (Wildman–Crippen LogP) is 5.76. The van der Waals surface area contributed by atoms with Gasteiger partial charge in [0.1, 0.15) is 12.4 Å². The largest absolute Gasteiger partial charge is 0.487 e. The third-order valence-electron chi connectivity index (χ3n) is 3.78. The number of para-hydroxylation sites is 1. The first-order valence-corrected chi connectivity index (χ1v) is 7.92. The SMILES string of the molecule is Cc1cccc(OCc2cc3cccc(Cl)c3n2C(C)C)c1. The van der Waals surface area contributed by atoms with Crippen LogP contribution in [0.5, 0.6) is 5.75 Å². The van der Waals surface area contributed by atoms with Crippen LogP contribution in [0.3, 0.4) is 0 Å². The molecular formula is C19H20ClNO. The molecular weight excluding hydrogens is 294 g/mol. The molecule has 1 heterocycles. The maximum atomic E-state index is 6.40. The molecule has 2 aromatic carbocycles. The van der Waals surface area contributed by atoms with Gasteiger partial charge >= 0.3 is 0 Å². The summed E-state index contributed by atoms with van der Waals surface area (Å²) in [6, 6.07) is 16.6. The lowest BCUT2D eigenvalue weighted by Crippen LogP contribution is -2.08. The van der Waals surface area contributed by atoms with E-state index in [1.807, 2.05) is 24.3 Å². The van der Waals surface area contributed by atoms with E-state index in [2.05, 4.69) is 49.6 Å². The zero-order chi connectivity index (χ0) is 15.7. The van der Waals surface area contributed by atoms with Gasteiger partial charge in [0.05, 0.1) is 16.2 Å². The van der Waals surface area contributed by atoms with E-state index >= 15 is 0 Å². The topological polar surface area (TPSA) is 14.2 Å². The Hall–Kier alpha value is -1.93. The maximum Gasteiger partial charge on any atom is 0.128 e. The highest BCUT2D eigenvalue weighted by Crippen LogP contribution is 2.30. The minimum absolute atomic E-state index is 0.327. The van der Waals surface area contributed by atoms with Crippen LogP contribution >= 0.6 is 11.6 Å². The van der Waals surface area contributed by atoms with Gasteiger partial charge in [-0.1, -0.05) is 35.9 Å². The average molecular weight is 314 g/mol. The Kier molecular flexibility index (Phi) is 4.12. The molecule has 0 saturated heterocycles. The number of aromatic nitrogens is 1. The number of aryl methyl sites for hydroxylation is 1. The summed E-state index contributed by atoms with van der Waals surface area (Å²) in [4.78, 5) is 0. The fourth-order valence-corrected chi connectivity index (χ4v) is 3.13. The van der Waals surface area contributed by atoms with Crippen molar-refractivity contribution in [2.75, 3.05) is 0 Å². The summed E-state index contributed by atoms with van der Waals surface area (Å²) >= 11 is 6.40. The van der Waals surface area contributed by atoms with Gasteiger partial charge in [0.25, 0.3) is 0 Å². The van der Waals surface area contributed by atoms with Gasteiger partial charge in [0, 0.05) is 11.4 Å². The van der Waals surface area contributed by atoms with Crippen LogP contribution in [0.1, 0.15) is 31.1 Å². The summed E-state index contributed by atoms with van der Waals surface area (Å²) in [5.41, 5.74) is 3.42. The van der Waals surface area contributed by atoms with Crippen LogP contribution in [0.15, 0.2) is 48.5 Å². The van der Waals surface area contributed by atoms with Gasteiger partial charge in [-0.3, -0.25) is 0 Å². The molecule has 2 nitrogen and oxygen atoms in total. The Labute approximate surface area is 136 Å². The molecule has 0 aliphatic carbocycles. The lowest BCUT2D eigenvalue weighted by molar-refractivity contribution is 0.293. The van der Waals surface area contributed by atoms with E-state index in [9.17, 15) is 0 Å². The van der Waals surface area contributed by atoms with Crippen LogP contribution < -0.4 is 4.74 Å². The van der Waals surface area contributed by atoms with Crippen LogP contribution in [0, 0.1) is 6.92 Å². The number of fused-ring (bicyclic) bond motifs is 1. The number of halogens is 1. The zero-order valence-electron chi connectivity index (χ0n) is 13.1. The van der Waals surface area contributed by atoms with Crippen LogP contribution in [0.2, 0.25) is 5.02 Å². The van der Waals surface area contributed by atoms with Crippen LogP contribution in [0.25, 0.3) is 10.9 Å². The van der Waals surface area contributed by atoms with Gasteiger partial charge in [0.2, 0.25) is 0 Å². The van der Waals surface area contributed by atoms with E-state index in [0.717, 1.165) is 27.4 Å². The molecule has 0 atom stereocenters. The molecule has 3 heteroatoms. The van der Waals surface area contributed by atoms with E-state index in [-0.39, 0.29) is 0 Å². The molecule has 3 aromatic rings. The second-order valence-electron chi connectivity index (χ2n) is 5.88. The molecule has 114 valence electrons. The number of nitrogens with zero attached hydrogens (tertiary/aromatic N) is 1. The maximum absolute atomic E-state index is 6.40. The normalized spacial score (nSPS) is 11.3. The van der Waals surface area contributed by atoms with E-state index in [1.165, 1.54) is 5.56 Å². The molecule has 0 N–H and O–H groups in total. The van der Waals surface area contributed by atoms with Crippen molar-refractivity contribution in [3.63, 3.8) is 0 Å². The molecule has 0 unspecified atom stereocenters. The van der Waals surface area contributed by atoms with E-state index in [4.69, 9.17) is 16.3 Å². The molecule has 0 amide bonds. The molecule has 22 heavy (non-hydrogen) atoms. The van der Waals surface area contributed by atoms with Gasteiger partial charge in [-0.15, -0.1) is 0 Å². The second-order valence-corrected chi connectivity index (χ2v) is 6.29. The highest BCUT2D eigenvalue weighted by Gasteiger charge is 2.14. The minimum Gasteiger partial charge on any atom is -0.487 e. The second kappa shape index (κ2) is 6.05. The van der Waals surface area contributed by atoms with E-state index in [0.29, 0.717) is 12.6 Å². The number of hydrogen-bond acceptors (Lipinski definition) is 1. The number of benzene rings is 2. The number of rotatable bonds is 4. The Balaban J connectivity index is 1.96. The minimum atomic E-state index is 0.327. The van der Waals surface area contributed by atoms with Gasteiger partial charge < -0.3 is 9.30 Å². The zero-order valence-corrected chi connectivity index (χ0v) is 13.9. The number of hydrogen-bond donors (Lipinski definition) is 0. The van der Waals surface area contributed by atoms with Gasteiger partial charge in [-0.25, -0.2) is 0 Å². The highest BCUT2D eigenvalue weighted by atomic mass is 35.5. The molecule has 0 saturated carbocycles. The Morgan fingerprint density at radius 1 is 1.09 bits per heavy atom. The molecule has 0 spiro atoms. The van der Waals surface area contributed by atoms with Crippen molar-refractivity contribution in [1.82, 2.24) is 4.57 Å². The number of ether oxygens (including phenoxy) is 1. The lowest BCUT2D eigenvalue weighted by Gasteiger charge is -2.16. The standard InChI is InChI=1S/C19H20ClNO/c1-13(2)21-16(11-15-7-5-9-18(20)19(15)21)12-22-17-8-4-6-14(3)10-17/h4-11,13H,12H2,1-3H3. The summed E-state index contributed by atoms with van der Waals surface area (Å²) in [6.45, 7) is 6.93. The first-order chi connectivity index (χ1) is 10.6. The molecule has 3 rings (SSSR count). The fraction of sp³-hybridized carbons (Fsp3) is 0.263. The quantitative estimate of drug-likeness (QED) is 0.597.